The number of benzene rings is 4. The van der Waals surface area contributed by atoms with E-state index < -0.39 is 23.9 Å². The highest BCUT2D eigenvalue weighted by atomic mass is 35.5. The smallest absolute Gasteiger partial charge is 0.250 e. The normalized spacial score (nSPS) is 12.8. The molecular formula is C37H50ClO2PSi2. The Morgan fingerprint density at radius 2 is 0.814 bits per heavy atom. The van der Waals surface area contributed by atoms with Gasteiger partial charge in [-0.05, 0) is 90.4 Å². The average Bonchev–Trinajstić information content (AvgIpc) is 2.91. The van der Waals surface area contributed by atoms with Crippen molar-refractivity contribution < 1.29 is 21.3 Å². The topological polar surface area (TPSA) is 18.5 Å². The molecule has 6 heteroatoms. The molecule has 4 aromatic rings. The third-order valence-electron chi connectivity index (χ3n) is 9.31. The van der Waals surface area contributed by atoms with Crippen molar-refractivity contribution in [3.8, 4) is 11.5 Å². The van der Waals surface area contributed by atoms with Crippen molar-refractivity contribution >= 4 is 39.8 Å². The lowest BCUT2D eigenvalue weighted by atomic mass is 10.2. The Kier molecular flexibility index (Phi) is 10.9. The van der Waals surface area contributed by atoms with E-state index >= 15 is 0 Å². The van der Waals surface area contributed by atoms with E-state index in [1.54, 1.807) is 0 Å². The zero-order valence-corrected chi connectivity index (χ0v) is 31.4. The van der Waals surface area contributed by atoms with E-state index in [4.69, 9.17) is 8.85 Å². The number of rotatable bonds is 9. The predicted molar refractivity (Wildman–Crippen MR) is 191 cm³/mol. The maximum absolute atomic E-state index is 6.97. The maximum atomic E-state index is 6.97. The summed E-state index contributed by atoms with van der Waals surface area (Å²) in [4.78, 5) is 0. The van der Waals surface area contributed by atoms with Crippen molar-refractivity contribution in [2.45, 2.75) is 84.0 Å². The van der Waals surface area contributed by atoms with E-state index in [1.807, 2.05) is 0 Å². The highest BCUT2D eigenvalue weighted by Crippen LogP contribution is 2.58. The molecular weight excluding hydrogens is 599 g/mol. The predicted octanol–water partition coefficient (Wildman–Crippen LogP) is 6.95. The molecule has 43 heavy (non-hydrogen) atoms. The average molecular weight is 649 g/mol. The van der Waals surface area contributed by atoms with Crippen LogP contribution in [0.4, 0.5) is 0 Å². The Balaban J connectivity index is 0.00000506. The van der Waals surface area contributed by atoms with E-state index in [9.17, 15) is 0 Å². The van der Waals surface area contributed by atoms with E-state index in [1.165, 1.54) is 21.5 Å². The lowest BCUT2D eigenvalue weighted by Crippen LogP contribution is -3.00. The highest BCUT2D eigenvalue weighted by Gasteiger charge is 2.46. The summed E-state index contributed by atoms with van der Waals surface area (Å²) in [5.41, 5.74) is 1.25. The van der Waals surface area contributed by atoms with Gasteiger partial charge in [0.1, 0.15) is 34.7 Å². The summed E-state index contributed by atoms with van der Waals surface area (Å²) in [6, 6.07) is 40.1. The lowest BCUT2D eigenvalue weighted by Gasteiger charge is -2.38. The van der Waals surface area contributed by atoms with Crippen LogP contribution in [0.3, 0.4) is 0 Å². The monoisotopic (exact) mass is 648 g/mol. The summed E-state index contributed by atoms with van der Waals surface area (Å²) in [5, 5.41) is 4.33. The molecule has 0 aliphatic carbocycles. The fourth-order valence-corrected chi connectivity index (χ4v) is 11.0. The van der Waals surface area contributed by atoms with Crippen molar-refractivity contribution in [2.24, 2.45) is 0 Å². The minimum absolute atomic E-state index is 0. The Hall–Kier alpha value is -2.37. The van der Waals surface area contributed by atoms with E-state index in [0.29, 0.717) is 0 Å². The molecule has 0 heterocycles. The number of hydrogen-bond acceptors (Lipinski definition) is 2. The molecule has 0 aromatic heterocycles. The first kappa shape index (κ1) is 35.1. The molecule has 0 aliphatic heterocycles. The van der Waals surface area contributed by atoms with Crippen LogP contribution in [0.2, 0.25) is 36.3 Å². The molecule has 0 spiro atoms. The number of halogens is 1. The molecule has 0 saturated carbocycles. The van der Waals surface area contributed by atoms with Crippen LogP contribution in [0, 0.1) is 0 Å². The molecule has 0 N–H and O–H groups in total. The molecule has 230 valence electrons. The van der Waals surface area contributed by atoms with E-state index in [-0.39, 0.29) is 22.5 Å². The molecule has 0 aliphatic rings. The molecule has 4 rings (SSSR count). The van der Waals surface area contributed by atoms with Crippen molar-refractivity contribution in [3.63, 3.8) is 0 Å². The number of hydrogen-bond donors (Lipinski definition) is 0. The van der Waals surface area contributed by atoms with Crippen LogP contribution in [0.15, 0.2) is 109 Å². The quantitative estimate of drug-likeness (QED) is 0.144. The SMILES string of the molecule is CC(C)(C)[Si](C)(C)Oc1cc(C[P+](c2ccccc2)(c2ccccc2)c2ccccc2)cc(O[Si](C)(C)C(C)(C)C)c1.[Cl-]. The fourth-order valence-electron chi connectivity index (χ4n) is 4.78. The third kappa shape index (κ3) is 7.84. The Morgan fingerprint density at radius 1 is 0.512 bits per heavy atom. The van der Waals surface area contributed by atoms with Gasteiger partial charge in [0.15, 0.2) is 0 Å². The zero-order chi connectivity index (χ0) is 30.8. The van der Waals surface area contributed by atoms with Gasteiger partial charge in [-0.3, -0.25) is 0 Å². The van der Waals surface area contributed by atoms with Gasteiger partial charge in [0, 0.05) is 6.07 Å². The first-order valence-corrected chi connectivity index (χ1v) is 22.9. The lowest BCUT2D eigenvalue weighted by molar-refractivity contribution is -0.0000107. The first-order valence-electron chi connectivity index (χ1n) is 15.1. The van der Waals surface area contributed by atoms with Crippen molar-refractivity contribution in [1.29, 1.82) is 0 Å². The zero-order valence-electron chi connectivity index (χ0n) is 27.7. The van der Waals surface area contributed by atoms with Crippen LogP contribution in [0.1, 0.15) is 47.1 Å². The third-order valence-corrected chi connectivity index (χ3v) is 22.4. The Morgan fingerprint density at radius 3 is 1.09 bits per heavy atom. The summed E-state index contributed by atoms with van der Waals surface area (Å²) in [7, 11) is -6.22. The molecule has 0 radical (unpaired) electrons. The second-order valence-corrected chi connectivity index (χ2v) is 27.4. The van der Waals surface area contributed by atoms with Gasteiger partial charge in [0.25, 0.3) is 0 Å². The minimum atomic E-state index is -2.07. The van der Waals surface area contributed by atoms with Crippen LogP contribution < -0.4 is 37.2 Å². The minimum Gasteiger partial charge on any atom is -1.00 e. The van der Waals surface area contributed by atoms with Crippen LogP contribution in [0.25, 0.3) is 0 Å². The molecule has 4 aromatic carbocycles. The Bertz CT molecular complexity index is 1320. The van der Waals surface area contributed by atoms with Crippen LogP contribution in [-0.2, 0) is 6.16 Å². The van der Waals surface area contributed by atoms with Crippen molar-refractivity contribution in [1.82, 2.24) is 0 Å². The van der Waals surface area contributed by atoms with Gasteiger partial charge in [-0.1, -0.05) is 96.1 Å². The Labute approximate surface area is 270 Å². The summed E-state index contributed by atoms with van der Waals surface area (Å²) in [5.74, 6) is 1.86. The molecule has 2 nitrogen and oxygen atoms in total. The summed E-state index contributed by atoms with van der Waals surface area (Å²) >= 11 is 0. The highest BCUT2D eigenvalue weighted by molar-refractivity contribution is 7.95. The summed E-state index contributed by atoms with van der Waals surface area (Å²) in [6.07, 6.45) is 0.883. The molecule has 0 amide bonds. The van der Waals surface area contributed by atoms with Gasteiger partial charge in [-0.15, -0.1) is 0 Å². The van der Waals surface area contributed by atoms with Gasteiger partial charge in [-0.2, -0.15) is 0 Å². The summed E-state index contributed by atoms with van der Waals surface area (Å²) < 4.78 is 13.9. The van der Waals surface area contributed by atoms with Crippen LogP contribution in [0.5, 0.6) is 11.5 Å². The van der Waals surface area contributed by atoms with E-state index in [0.717, 1.165) is 17.7 Å². The molecule has 0 unspecified atom stereocenters. The second-order valence-electron chi connectivity index (χ2n) is 14.5. The maximum Gasteiger partial charge on any atom is 0.250 e. The summed E-state index contributed by atoms with van der Waals surface area (Å²) in [6.45, 7) is 23.1. The van der Waals surface area contributed by atoms with Gasteiger partial charge in [-0.25, -0.2) is 0 Å². The van der Waals surface area contributed by atoms with Crippen molar-refractivity contribution in [3.05, 3.63) is 115 Å². The van der Waals surface area contributed by atoms with Crippen LogP contribution >= 0.6 is 7.26 Å². The second kappa shape index (κ2) is 13.3. The van der Waals surface area contributed by atoms with Crippen LogP contribution in [-0.4, -0.2) is 16.6 Å². The standard InChI is InChI=1S/C37H50O2PSi2.ClH/c1-36(2,3)41(7,8)38-31-26-30(27-32(28-31)39-42(9,10)37(4,5)6)29-40(33-20-14-11-15-21-33,34-22-16-12-17-23-34)35-24-18-13-19-25-35;/h11-28H,29H2,1-10H3;1H/q+1;/p-1. The molecule has 0 bridgehead atoms. The van der Waals surface area contributed by atoms with Gasteiger partial charge in [0.05, 0.1) is 6.16 Å². The van der Waals surface area contributed by atoms with Gasteiger partial charge in [0.2, 0.25) is 16.6 Å². The fraction of sp³-hybridized carbons (Fsp3) is 0.351. The first-order chi connectivity index (χ1) is 19.6. The molecule has 0 saturated heterocycles. The van der Waals surface area contributed by atoms with E-state index in [2.05, 4.69) is 177 Å². The van der Waals surface area contributed by atoms with Gasteiger partial charge >= 0.3 is 0 Å². The molecule has 0 atom stereocenters. The van der Waals surface area contributed by atoms with Crippen molar-refractivity contribution in [2.75, 3.05) is 0 Å². The largest absolute Gasteiger partial charge is 1.00 e. The molecule has 0 fully saturated rings. The van der Waals surface area contributed by atoms with Gasteiger partial charge < -0.3 is 21.3 Å².